The summed E-state index contributed by atoms with van der Waals surface area (Å²) in [6.07, 6.45) is 1.72. The van der Waals surface area contributed by atoms with Gasteiger partial charge < -0.3 is 15.5 Å². The lowest BCUT2D eigenvalue weighted by Crippen LogP contribution is -2.41. The number of aromatic amines is 1. The minimum atomic E-state index is -0.601. The van der Waals surface area contributed by atoms with Crippen LogP contribution in [-0.2, 0) is 11.2 Å². The standard InChI is InChI=1S/C13H23N5O2/c1-9-11(10(2)16-15-9)6-5-7-17(3)12(19)8-18(4)13(14)20/h5-8H2,1-4H3,(H2,14,20)(H,15,16). The van der Waals surface area contributed by atoms with E-state index in [4.69, 9.17) is 5.73 Å². The van der Waals surface area contributed by atoms with Crippen LogP contribution in [0.4, 0.5) is 4.79 Å². The Morgan fingerprint density at radius 3 is 2.40 bits per heavy atom. The molecule has 0 fully saturated rings. The van der Waals surface area contributed by atoms with Gasteiger partial charge in [-0.1, -0.05) is 0 Å². The number of hydrogen-bond acceptors (Lipinski definition) is 3. The number of nitrogens with zero attached hydrogens (tertiary/aromatic N) is 3. The third-order valence-corrected chi connectivity index (χ3v) is 3.38. The Hall–Kier alpha value is -2.05. The SMILES string of the molecule is Cc1n[nH]c(C)c1CCCN(C)C(=O)CN(C)C(N)=O. The maximum atomic E-state index is 11.8. The predicted molar refractivity (Wildman–Crippen MR) is 76.2 cm³/mol. The number of hydrogen-bond donors (Lipinski definition) is 2. The van der Waals surface area contributed by atoms with Crippen molar-refractivity contribution in [3.8, 4) is 0 Å². The molecule has 0 atom stereocenters. The number of urea groups is 1. The summed E-state index contributed by atoms with van der Waals surface area (Å²) >= 11 is 0. The average Bonchev–Trinajstić information content (AvgIpc) is 2.69. The number of likely N-dealkylation sites (N-methyl/N-ethyl adjacent to an activating group) is 2. The number of nitrogens with one attached hydrogen (secondary N) is 1. The molecule has 0 saturated carbocycles. The van der Waals surface area contributed by atoms with Crippen LogP contribution in [0.15, 0.2) is 0 Å². The first-order valence-electron chi connectivity index (χ1n) is 6.58. The van der Waals surface area contributed by atoms with E-state index in [0.29, 0.717) is 6.54 Å². The Balaban J connectivity index is 2.38. The number of aryl methyl sites for hydroxylation is 2. The van der Waals surface area contributed by atoms with Crippen molar-refractivity contribution < 1.29 is 9.59 Å². The lowest BCUT2D eigenvalue weighted by Gasteiger charge is -2.20. The fourth-order valence-electron chi connectivity index (χ4n) is 1.96. The molecule has 3 N–H and O–H groups in total. The Morgan fingerprint density at radius 1 is 1.25 bits per heavy atom. The molecule has 0 unspecified atom stereocenters. The number of aromatic nitrogens is 2. The van der Waals surface area contributed by atoms with E-state index in [2.05, 4.69) is 10.2 Å². The lowest BCUT2D eigenvalue weighted by molar-refractivity contribution is -0.130. The third kappa shape index (κ3) is 4.25. The van der Waals surface area contributed by atoms with Crippen molar-refractivity contribution in [2.45, 2.75) is 26.7 Å². The van der Waals surface area contributed by atoms with Gasteiger partial charge in [0.05, 0.1) is 5.69 Å². The highest BCUT2D eigenvalue weighted by Crippen LogP contribution is 2.11. The molecule has 0 aromatic carbocycles. The van der Waals surface area contributed by atoms with Crippen LogP contribution in [-0.4, -0.2) is 59.1 Å². The molecular formula is C13H23N5O2. The molecule has 0 bridgehead atoms. The molecular weight excluding hydrogens is 258 g/mol. The highest BCUT2D eigenvalue weighted by molar-refractivity contribution is 5.83. The topological polar surface area (TPSA) is 95.3 Å². The largest absolute Gasteiger partial charge is 0.351 e. The lowest BCUT2D eigenvalue weighted by atomic mass is 10.1. The zero-order chi connectivity index (χ0) is 15.3. The van der Waals surface area contributed by atoms with Crippen LogP contribution >= 0.6 is 0 Å². The second-order valence-corrected chi connectivity index (χ2v) is 5.03. The van der Waals surface area contributed by atoms with Gasteiger partial charge >= 0.3 is 6.03 Å². The van der Waals surface area contributed by atoms with E-state index in [1.54, 1.807) is 11.9 Å². The molecule has 3 amide bonds. The summed E-state index contributed by atoms with van der Waals surface area (Å²) in [5, 5.41) is 7.09. The van der Waals surface area contributed by atoms with Crippen LogP contribution in [0.5, 0.6) is 0 Å². The Bertz CT molecular complexity index is 464. The minimum Gasteiger partial charge on any atom is -0.351 e. The number of amides is 3. The van der Waals surface area contributed by atoms with E-state index in [1.807, 2.05) is 13.8 Å². The van der Waals surface area contributed by atoms with E-state index >= 15 is 0 Å². The van der Waals surface area contributed by atoms with E-state index in [1.165, 1.54) is 17.5 Å². The summed E-state index contributed by atoms with van der Waals surface area (Å²) in [6, 6.07) is -0.601. The molecule has 0 aliphatic heterocycles. The van der Waals surface area contributed by atoms with Gasteiger partial charge in [-0.2, -0.15) is 5.10 Å². The summed E-state index contributed by atoms with van der Waals surface area (Å²) in [6.45, 7) is 4.60. The second kappa shape index (κ2) is 6.93. The van der Waals surface area contributed by atoms with Gasteiger partial charge in [0, 0.05) is 26.3 Å². The maximum absolute atomic E-state index is 11.8. The zero-order valence-corrected chi connectivity index (χ0v) is 12.6. The summed E-state index contributed by atoms with van der Waals surface area (Å²) in [5.74, 6) is -0.119. The van der Waals surface area contributed by atoms with Crippen molar-refractivity contribution in [3.63, 3.8) is 0 Å². The summed E-state index contributed by atoms with van der Waals surface area (Å²) in [7, 11) is 3.23. The molecule has 7 nitrogen and oxygen atoms in total. The smallest absolute Gasteiger partial charge is 0.314 e. The van der Waals surface area contributed by atoms with E-state index in [0.717, 1.165) is 24.2 Å². The normalized spacial score (nSPS) is 10.4. The van der Waals surface area contributed by atoms with Crippen LogP contribution in [0.1, 0.15) is 23.4 Å². The fourth-order valence-corrected chi connectivity index (χ4v) is 1.96. The fraction of sp³-hybridized carbons (Fsp3) is 0.615. The van der Waals surface area contributed by atoms with Crippen molar-refractivity contribution in [3.05, 3.63) is 17.0 Å². The Labute approximate surface area is 119 Å². The summed E-state index contributed by atoms with van der Waals surface area (Å²) in [4.78, 5) is 25.5. The van der Waals surface area contributed by atoms with Crippen LogP contribution < -0.4 is 5.73 Å². The maximum Gasteiger partial charge on any atom is 0.314 e. The molecule has 0 spiro atoms. The Morgan fingerprint density at radius 2 is 1.90 bits per heavy atom. The van der Waals surface area contributed by atoms with Gasteiger partial charge in [0.2, 0.25) is 5.91 Å². The van der Waals surface area contributed by atoms with Crippen LogP contribution in [0.3, 0.4) is 0 Å². The van der Waals surface area contributed by atoms with Gasteiger partial charge in [0.1, 0.15) is 6.54 Å². The molecule has 7 heteroatoms. The Kier molecular flexibility index (Phi) is 5.54. The summed E-state index contributed by atoms with van der Waals surface area (Å²) in [5.41, 5.74) is 8.37. The number of carbonyl (C=O) groups excluding carboxylic acids is 2. The highest BCUT2D eigenvalue weighted by Gasteiger charge is 2.14. The number of H-pyrrole nitrogens is 1. The van der Waals surface area contributed by atoms with Gasteiger partial charge in [-0.15, -0.1) is 0 Å². The van der Waals surface area contributed by atoms with E-state index in [9.17, 15) is 9.59 Å². The van der Waals surface area contributed by atoms with E-state index in [-0.39, 0.29) is 12.5 Å². The molecule has 1 rings (SSSR count). The van der Waals surface area contributed by atoms with Crippen molar-refractivity contribution in [2.75, 3.05) is 27.2 Å². The predicted octanol–water partition coefficient (Wildman–Crippen LogP) is 0.428. The zero-order valence-electron chi connectivity index (χ0n) is 12.6. The van der Waals surface area contributed by atoms with Crippen molar-refractivity contribution >= 4 is 11.9 Å². The quantitative estimate of drug-likeness (QED) is 0.791. The molecule has 1 aromatic heterocycles. The minimum absolute atomic E-state index is 0.00952. The molecule has 0 aliphatic carbocycles. The average molecular weight is 281 g/mol. The molecule has 1 heterocycles. The van der Waals surface area contributed by atoms with Crippen molar-refractivity contribution in [1.82, 2.24) is 20.0 Å². The van der Waals surface area contributed by atoms with Gasteiger partial charge in [-0.25, -0.2) is 4.79 Å². The molecule has 20 heavy (non-hydrogen) atoms. The van der Waals surface area contributed by atoms with Crippen molar-refractivity contribution in [1.29, 1.82) is 0 Å². The van der Waals surface area contributed by atoms with Crippen LogP contribution in [0, 0.1) is 13.8 Å². The van der Waals surface area contributed by atoms with Crippen LogP contribution in [0.25, 0.3) is 0 Å². The molecule has 0 aliphatic rings. The first-order valence-corrected chi connectivity index (χ1v) is 6.58. The highest BCUT2D eigenvalue weighted by atomic mass is 16.2. The van der Waals surface area contributed by atoms with Gasteiger partial charge in [-0.05, 0) is 32.3 Å². The van der Waals surface area contributed by atoms with Crippen molar-refractivity contribution in [2.24, 2.45) is 5.73 Å². The van der Waals surface area contributed by atoms with Gasteiger partial charge in [0.25, 0.3) is 0 Å². The number of nitrogens with two attached hydrogens (primary N) is 1. The molecule has 0 radical (unpaired) electrons. The first-order chi connectivity index (χ1) is 9.32. The van der Waals surface area contributed by atoms with Gasteiger partial charge in [-0.3, -0.25) is 9.89 Å². The number of rotatable bonds is 6. The van der Waals surface area contributed by atoms with Gasteiger partial charge in [0.15, 0.2) is 0 Å². The number of primary amides is 1. The molecule has 112 valence electrons. The van der Waals surface area contributed by atoms with Crippen LogP contribution in [0.2, 0.25) is 0 Å². The monoisotopic (exact) mass is 281 g/mol. The second-order valence-electron chi connectivity index (χ2n) is 5.03. The molecule has 1 aromatic rings. The number of carbonyl (C=O) groups is 2. The van der Waals surface area contributed by atoms with E-state index < -0.39 is 6.03 Å². The first kappa shape index (κ1) is 16.0. The molecule has 0 saturated heterocycles. The third-order valence-electron chi connectivity index (χ3n) is 3.38. The summed E-state index contributed by atoms with van der Waals surface area (Å²) < 4.78 is 0.